The van der Waals surface area contributed by atoms with Crippen LogP contribution in [0.15, 0.2) is 36.4 Å². The van der Waals surface area contributed by atoms with Crippen LogP contribution in [0, 0.1) is 6.92 Å². The average molecular weight is 298 g/mol. The van der Waals surface area contributed by atoms with E-state index in [4.69, 9.17) is 9.47 Å². The molecule has 1 aliphatic rings. The minimum Gasteiger partial charge on any atom is -0.494 e. The van der Waals surface area contributed by atoms with Gasteiger partial charge in [-0.25, -0.2) is 4.98 Å². The number of methoxy groups -OCH3 is 1. The van der Waals surface area contributed by atoms with Gasteiger partial charge < -0.3 is 9.47 Å². The zero-order valence-electron chi connectivity index (χ0n) is 13.2. The lowest BCUT2D eigenvalue weighted by atomic mass is 10.1. The Morgan fingerprint density at radius 1 is 1.18 bits per heavy atom. The molecule has 1 saturated heterocycles. The summed E-state index contributed by atoms with van der Waals surface area (Å²) >= 11 is 0. The molecule has 1 fully saturated rings. The maximum atomic E-state index is 5.46. The summed E-state index contributed by atoms with van der Waals surface area (Å²) in [5, 5.41) is 0. The monoisotopic (exact) mass is 298 g/mol. The smallest absolute Gasteiger partial charge is 0.145 e. The number of pyridine rings is 1. The Balaban J connectivity index is 1.86. The number of hydrogen-bond acceptors (Lipinski definition) is 4. The van der Waals surface area contributed by atoms with Crippen LogP contribution in [0.3, 0.4) is 0 Å². The molecule has 0 radical (unpaired) electrons. The first-order chi connectivity index (χ1) is 10.8. The normalized spacial score (nSPS) is 15.7. The number of nitrogens with zero attached hydrogens (tertiary/aromatic N) is 2. The highest BCUT2D eigenvalue weighted by Crippen LogP contribution is 2.28. The molecule has 0 aliphatic carbocycles. The van der Waals surface area contributed by atoms with E-state index in [1.165, 1.54) is 5.56 Å². The first kappa shape index (κ1) is 15.0. The number of benzene rings is 1. The van der Waals surface area contributed by atoms with Crippen LogP contribution in [0.25, 0.3) is 11.3 Å². The van der Waals surface area contributed by atoms with Crippen molar-refractivity contribution in [3.05, 3.63) is 47.7 Å². The summed E-state index contributed by atoms with van der Waals surface area (Å²) in [5.74, 6) is 0.814. The van der Waals surface area contributed by atoms with Gasteiger partial charge in [-0.05, 0) is 30.7 Å². The fourth-order valence-electron chi connectivity index (χ4n) is 2.75. The fraction of sp³-hybridized carbons (Fsp3) is 0.389. The van der Waals surface area contributed by atoms with Crippen molar-refractivity contribution in [1.82, 2.24) is 9.88 Å². The second kappa shape index (κ2) is 6.90. The largest absolute Gasteiger partial charge is 0.494 e. The van der Waals surface area contributed by atoms with Gasteiger partial charge >= 0.3 is 0 Å². The number of aryl methyl sites for hydroxylation is 1. The first-order valence-electron chi connectivity index (χ1n) is 7.67. The van der Waals surface area contributed by atoms with Gasteiger partial charge in [0.1, 0.15) is 11.4 Å². The van der Waals surface area contributed by atoms with Crippen molar-refractivity contribution in [1.29, 1.82) is 0 Å². The summed E-state index contributed by atoms with van der Waals surface area (Å²) in [5.41, 5.74) is 4.30. The molecule has 2 aromatic rings. The van der Waals surface area contributed by atoms with Gasteiger partial charge in [-0.3, -0.25) is 4.90 Å². The number of ether oxygens (including phenoxy) is 2. The highest BCUT2D eigenvalue weighted by atomic mass is 16.5. The summed E-state index contributed by atoms with van der Waals surface area (Å²) in [6, 6.07) is 12.5. The van der Waals surface area contributed by atoms with E-state index in [1.807, 2.05) is 19.1 Å². The van der Waals surface area contributed by atoms with E-state index < -0.39 is 0 Å². The van der Waals surface area contributed by atoms with Crippen LogP contribution in [-0.2, 0) is 11.3 Å². The van der Waals surface area contributed by atoms with Crippen molar-refractivity contribution in [2.24, 2.45) is 0 Å². The van der Waals surface area contributed by atoms with Gasteiger partial charge in [0.2, 0.25) is 0 Å². The Hall–Kier alpha value is -1.91. The summed E-state index contributed by atoms with van der Waals surface area (Å²) < 4.78 is 10.9. The van der Waals surface area contributed by atoms with Crippen molar-refractivity contribution >= 4 is 0 Å². The number of rotatable bonds is 4. The molecule has 0 bridgehead atoms. The Kier molecular flexibility index (Phi) is 4.71. The van der Waals surface area contributed by atoms with E-state index in [9.17, 15) is 0 Å². The SMILES string of the molecule is COc1ccc(C)nc1-c1cccc(CN2CCOCC2)c1. The summed E-state index contributed by atoms with van der Waals surface area (Å²) in [6.07, 6.45) is 0. The highest BCUT2D eigenvalue weighted by Gasteiger charge is 2.12. The van der Waals surface area contributed by atoms with Crippen LogP contribution in [0.2, 0.25) is 0 Å². The van der Waals surface area contributed by atoms with E-state index in [0.717, 1.165) is 55.5 Å². The predicted molar refractivity (Wildman–Crippen MR) is 87.1 cm³/mol. The number of hydrogen-bond donors (Lipinski definition) is 0. The van der Waals surface area contributed by atoms with Crippen LogP contribution in [0.4, 0.5) is 0 Å². The molecule has 1 aromatic heterocycles. The van der Waals surface area contributed by atoms with Crippen LogP contribution in [-0.4, -0.2) is 43.3 Å². The second-order valence-electron chi connectivity index (χ2n) is 5.59. The molecular weight excluding hydrogens is 276 g/mol. The third-order valence-electron chi connectivity index (χ3n) is 3.93. The summed E-state index contributed by atoms with van der Waals surface area (Å²) in [7, 11) is 1.69. The summed E-state index contributed by atoms with van der Waals surface area (Å²) in [4.78, 5) is 7.06. The zero-order valence-corrected chi connectivity index (χ0v) is 13.2. The van der Waals surface area contributed by atoms with Gasteiger partial charge in [0.05, 0.1) is 20.3 Å². The lowest BCUT2D eigenvalue weighted by molar-refractivity contribution is 0.0342. The van der Waals surface area contributed by atoms with E-state index in [-0.39, 0.29) is 0 Å². The molecule has 3 rings (SSSR count). The van der Waals surface area contributed by atoms with Gasteiger partial charge in [-0.15, -0.1) is 0 Å². The van der Waals surface area contributed by atoms with Crippen molar-refractivity contribution in [2.75, 3.05) is 33.4 Å². The molecule has 1 aliphatic heterocycles. The molecule has 1 aromatic carbocycles. The zero-order chi connectivity index (χ0) is 15.4. The van der Waals surface area contributed by atoms with E-state index in [1.54, 1.807) is 7.11 Å². The number of morpholine rings is 1. The molecular formula is C18H22N2O2. The van der Waals surface area contributed by atoms with Crippen LogP contribution in [0.1, 0.15) is 11.3 Å². The maximum Gasteiger partial charge on any atom is 0.145 e. The Bertz CT molecular complexity index is 637. The molecule has 2 heterocycles. The molecule has 4 nitrogen and oxygen atoms in total. The fourth-order valence-corrected chi connectivity index (χ4v) is 2.75. The molecule has 0 atom stereocenters. The van der Waals surface area contributed by atoms with Gasteiger partial charge in [0.15, 0.2) is 0 Å². The average Bonchev–Trinajstić information content (AvgIpc) is 2.56. The number of aromatic nitrogens is 1. The van der Waals surface area contributed by atoms with Crippen molar-refractivity contribution in [3.8, 4) is 17.0 Å². The quantitative estimate of drug-likeness (QED) is 0.869. The highest BCUT2D eigenvalue weighted by molar-refractivity contribution is 5.67. The lowest BCUT2D eigenvalue weighted by Crippen LogP contribution is -2.35. The summed E-state index contributed by atoms with van der Waals surface area (Å²) in [6.45, 7) is 6.60. The molecule has 0 spiro atoms. The predicted octanol–water partition coefficient (Wildman–Crippen LogP) is 2.90. The van der Waals surface area contributed by atoms with E-state index >= 15 is 0 Å². The minimum atomic E-state index is 0.814. The minimum absolute atomic E-state index is 0.814. The topological polar surface area (TPSA) is 34.6 Å². The molecule has 116 valence electrons. The third kappa shape index (κ3) is 3.46. The molecule has 22 heavy (non-hydrogen) atoms. The van der Waals surface area contributed by atoms with Gasteiger partial charge in [-0.1, -0.05) is 18.2 Å². The van der Waals surface area contributed by atoms with Gasteiger partial charge in [-0.2, -0.15) is 0 Å². The Morgan fingerprint density at radius 2 is 2.00 bits per heavy atom. The Labute approximate surface area is 131 Å². The first-order valence-corrected chi connectivity index (χ1v) is 7.67. The second-order valence-corrected chi connectivity index (χ2v) is 5.59. The third-order valence-corrected chi connectivity index (χ3v) is 3.93. The molecule has 4 heteroatoms. The molecule has 0 saturated carbocycles. The van der Waals surface area contributed by atoms with E-state index in [2.05, 4.69) is 34.1 Å². The van der Waals surface area contributed by atoms with Crippen molar-refractivity contribution < 1.29 is 9.47 Å². The standard InChI is InChI=1S/C18H22N2O2/c1-14-6-7-17(21-2)18(19-14)16-5-3-4-15(12-16)13-20-8-10-22-11-9-20/h3-7,12H,8-11,13H2,1-2H3. The van der Waals surface area contributed by atoms with Gasteiger partial charge in [0, 0.05) is 30.9 Å². The van der Waals surface area contributed by atoms with Gasteiger partial charge in [0.25, 0.3) is 0 Å². The Morgan fingerprint density at radius 3 is 2.77 bits per heavy atom. The molecule has 0 unspecified atom stereocenters. The van der Waals surface area contributed by atoms with Crippen molar-refractivity contribution in [3.63, 3.8) is 0 Å². The van der Waals surface area contributed by atoms with Crippen molar-refractivity contribution in [2.45, 2.75) is 13.5 Å². The van der Waals surface area contributed by atoms with Crippen LogP contribution in [0.5, 0.6) is 5.75 Å². The maximum absolute atomic E-state index is 5.46. The van der Waals surface area contributed by atoms with Crippen LogP contribution >= 0.6 is 0 Å². The lowest BCUT2D eigenvalue weighted by Gasteiger charge is -2.26. The molecule has 0 N–H and O–H groups in total. The van der Waals surface area contributed by atoms with E-state index in [0.29, 0.717) is 0 Å². The van der Waals surface area contributed by atoms with Crippen LogP contribution < -0.4 is 4.74 Å². The molecule has 0 amide bonds.